The molecule has 0 fully saturated rings. The Morgan fingerprint density at radius 3 is 2.10 bits per heavy atom. The molecule has 0 amide bonds. The molecule has 2 aliphatic heterocycles. The lowest BCUT2D eigenvalue weighted by atomic mass is 10.3. The zero-order chi connectivity index (χ0) is 19.6. The second-order valence-electron chi connectivity index (χ2n) is 7.03. The molecule has 0 aliphatic carbocycles. The maximum Gasteiger partial charge on any atom is 0.144 e. The molecule has 5 rings (SSSR count). The van der Waals surface area contributed by atoms with Crippen molar-refractivity contribution in [1.82, 2.24) is 19.9 Å². The van der Waals surface area contributed by atoms with Crippen LogP contribution >= 0.6 is 0 Å². The second kappa shape index (κ2) is 7.41. The topological polar surface area (TPSA) is 92.6 Å². The molecule has 0 aromatic carbocycles. The van der Waals surface area contributed by atoms with Gasteiger partial charge in [-0.25, -0.2) is 9.97 Å². The van der Waals surface area contributed by atoms with Crippen LogP contribution in [0.3, 0.4) is 0 Å². The highest BCUT2D eigenvalue weighted by Gasteiger charge is 2.06. The molecule has 3 aromatic heterocycles. The van der Waals surface area contributed by atoms with Gasteiger partial charge in [0.25, 0.3) is 0 Å². The highest BCUT2D eigenvalue weighted by atomic mass is 16.5. The molecule has 144 valence electrons. The van der Waals surface area contributed by atoms with Gasteiger partial charge in [0, 0.05) is 22.6 Å². The van der Waals surface area contributed by atoms with Crippen LogP contribution in [0.5, 0.6) is 5.75 Å². The van der Waals surface area contributed by atoms with Crippen LogP contribution in [-0.2, 0) is 0 Å². The van der Waals surface area contributed by atoms with Gasteiger partial charge in [0.05, 0.1) is 34.9 Å². The Balaban J connectivity index is 1.74. The lowest BCUT2D eigenvalue weighted by Crippen LogP contribution is -2.05. The molecule has 8 bridgehead atoms. The standard InChI is InChI=1S/C23H21N5O/c24-8-1-9-29-23-14-21-12-19-5-4-17(26-19)10-15-2-3-16(25-15)11-18-6-7-20(27-18)13-22(23)28-21/h2-7,10-14,26,28H,1,8-9,24H2. The number of H-pyrrole nitrogens is 2. The molecule has 3 aromatic rings. The number of nitrogens with zero attached hydrogens (tertiary/aromatic N) is 2. The normalized spacial score (nSPS) is 12.4. The highest BCUT2D eigenvalue weighted by molar-refractivity contribution is 5.79. The van der Waals surface area contributed by atoms with E-state index in [1.54, 1.807) is 0 Å². The third kappa shape index (κ3) is 3.83. The summed E-state index contributed by atoms with van der Waals surface area (Å²) in [5.74, 6) is 0.794. The Bertz CT molecular complexity index is 1280. The van der Waals surface area contributed by atoms with Crippen molar-refractivity contribution in [3.05, 3.63) is 65.2 Å². The highest BCUT2D eigenvalue weighted by Crippen LogP contribution is 2.24. The monoisotopic (exact) mass is 383 g/mol. The molecule has 0 unspecified atom stereocenters. The molecule has 0 saturated carbocycles. The molecular weight excluding hydrogens is 362 g/mol. The third-order valence-electron chi connectivity index (χ3n) is 4.74. The Kier molecular flexibility index (Phi) is 4.46. The van der Waals surface area contributed by atoms with Crippen molar-refractivity contribution in [1.29, 1.82) is 0 Å². The molecule has 6 heteroatoms. The fraction of sp³-hybridized carbons (Fsp3) is 0.130. The predicted molar refractivity (Wildman–Crippen MR) is 118 cm³/mol. The minimum absolute atomic E-state index is 0.578. The molecule has 0 radical (unpaired) electrons. The van der Waals surface area contributed by atoms with Crippen LogP contribution in [0.25, 0.3) is 46.4 Å². The van der Waals surface area contributed by atoms with Crippen molar-refractivity contribution in [2.75, 3.05) is 13.2 Å². The Morgan fingerprint density at radius 1 is 0.724 bits per heavy atom. The Labute approximate surface area is 167 Å². The number of rotatable bonds is 4. The molecule has 4 N–H and O–H groups in total. The maximum absolute atomic E-state index is 5.95. The molecule has 0 spiro atoms. The van der Waals surface area contributed by atoms with Gasteiger partial charge in [0.15, 0.2) is 0 Å². The minimum Gasteiger partial charge on any atom is -0.491 e. The quantitative estimate of drug-likeness (QED) is 0.402. The number of hydrogen-bond donors (Lipinski definition) is 3. The number of nitrogens with one attached hydrogen (secondary N) is 2. The van der Waals surface area contributed by atoms with Crippen molar-refractivity contribution in [2.24, 2.45) is 5.73 Å². The predicted octanol–water partition coefficient (Wildman–Crippen LogP) is 4.38. The number of hydrogen-bond acceptors (Lipinski definition) is 4. The summed E-state index contributed by atoms with van der Waals surface area (Å²) in [7, 11) is 0. The van der Waals surface area contributed by atoms with Crippen LogP contribution in [0.1, 0.15) is 29.2 Å². The summed E-state index contributed by atoms with van der Waals surface area (Å²) in [5.41, 5.74) is 13.0. The van der Waals surface area contributed by atoms with Gasteiger partial charge in [-0.05, 0) is 73.7 Å². The Hall–Kier alpha value is -3.64. The van der Waals surface area contributed by atoms with E-state index in [4.69, 9.17) is 10.5 Å². The summed E-state index contributed by atoms with van der Waals surface area (Å²) in [4.78, 5) is 16.2. The fourth-order valence-corrected chi connectivity index (χ4v) is 3.38. The van der Waals surface area contributed by atoms with Crippen LogP contribution in [0.2, 0.25) is 0 Å². The van der Waals surface area contributed by atoms with Crippen LogP contribution in [0.4, 0.5) is 0 Å². The lowest BCUT2D eigenvalue weighted by Gasteiger charge is -2.02. The van der Waals surface area contributed by atoms with E-state index < -0.39 is 0 Å². The van der Waals surface area contributed by atoms with Gasteiger partial charge in [-0.2, -0.15) is 0 Å². The fourth-order valence-electron chi connectivity index (χ4n) is 3.38. The van der Waals surface area contributed by atoms with Gasteiger partial charge in [0.2, 0.25) is 0 Å². The number of fused-ring (bicyclic) bond motifs is 8. The smallest absolute Gasteiger partial charge is 0.144 e. The molecule has 5 heterocycles. The molecule has 0 atom stereocenters. The number of aromatic amines is 2. The average molecular weight is 383 g/mol. The summed E-state index contributed by atoms with van der Waals surface area (Å²) in [6.07, 6.45) is 8.79. The third-order valence-corrected chi connectivity index (χ3v) is 4.74. The van der Waals surface area contributed by atoms with Gasteiger partial charge in [-0.3, -0.25) is 0 Å². The number of ether oxygens (including phenoxy) is 1. The summed E-state index contributed by atoms with van der Waals surface area (Å²) in [5, 5.41) is 0. The average Bonchev–Trinajstić information content (AvgIpc) is 3.47. The van der Waals surface area contributed by atoms with Crippen molar-refractivity contribution in [2.45, 2.75) is 6.42 Å². The van der Waals surface area contributed by atoms with Crippen molar-refractivity contribution in [3.63, 3.8) is 0 Å². The first-order valence-electron chi connectivity index (χ1n) is 9.66. The van der Waals surface area contributed by atoms with Crippen molar-refractivity contribution >= 4 is 46.4 Å². The number of nitrogens with two attached hydrogens (primary N) is 1. The SMILES string of the molecule is NCCCOc1cc2cc3ccc(cc4nc(cc5nc(cc1[nH]2)C=C5)C=C4)[nH]3. The minimum atomic E-state index is 0.578. The van der Waals surface area contributed by atoms with Crippen molar-refractivity contribution in [3.8, 4) is 5.75 Å². The first-order chi connectivity index (χ1) is 14.2. The summed E-state index contributed by atoms with van der Waals surface area (Å²) < 4.78 is 5.95. The second-order valence-corrected chi connectivity index (χ2v) is 7.03. The largest absolute Gasteiger partial charge is 0.491 e. The van der Waals surface area contributed by atoms with E-state index in [0.717, 1.165) is 57.0 Å². The zero-order valence-corrected chi connectivity index (χ0v) is 15.9. The van der Waals surface area contributed by atoms with Crippen LogP contribution < -0.4 is 10.5 Å². The Morgan fingerprint density at radius 2 is 1.38 bits per heavy atom. The van der Waals surface area contributed by atoms with Gasteiger partial charge in [-0.15, -0.1) is 0 Å². The summed E-state index contributed by atoms with van der Waals surface area (Å²) >= 11 is 0. The van der Waals surface area contributed by atoms with E-state index in [9.17, 15) is 0 Å². The van der Waals surface area contributed by atoms with Gasteiger partial charge < -0.3 is 20.4 Å². The lowest BCUT2D eigenvalue weighted by molar-refractivity contribution is 0.317. The molecule has 2 aliphatic rings. The van der Waals surface area contributed by atoms with E-state index in [-0.39, 0.29) is 0 Å². The summed E-state index contributed by atoms with van der Waals surface area (Å²) in [6.45, 7) is 1.18. The number of aromatic nitrogens is 4. The van der Waals surface area contributed by atoms with E-state index in [1.807, 2.05) is 60.7 Å². The molecule has 6 nitrogen and oxygen atoms in total. The molecule has 0 saturated heterocycles. The molecular formula is C23H21N5O. The van der Waals surface area contributed by atoms with E-state index in [0.29, 0.717) is 13.2 Å². The van der Waals surface area contributed by atoms with Gasteiger partial charge in [0.1, 0.15) is 5.75 Å². The maximum atomic E-state index is 5.95. The van der Waals surface area contributed by atoms with Gasteiger partial charge >= 0.3 is 0 Å². The summed E-state index contributed by atoms with van der Waals surface area (Å²) in [6, 6.07) is 14.1. The van der Waals surface area contributed by atoms with Crippen LogP contribution in [-0.4, -0.2) is 33.1 Å². The zero-order valence-electron chi connectivity index (χ0n) is 15.9. The van der Waals surface area contributed by atoms with E-state index in [1.165, 1.54) is 0 Å². The van der Waals surface area contributed by atoms with E-state index >= 15 is 0 Å². The van der Waals surface area contributed by atoms with Gasteiger partial charge in [-0.1, -0.05) is 0 Å². The van der Waals surface area contributed by atoms with E-state index in [2.05, 4.69) is 26.0 Å². The van der Waals surface area contributed by atoms with Crippen molar-refractivity contribution < 1.29 is 4.74 Å². The molecule has 29 heavy (non-hydrogen) atoms. The van der Waals surface area contributed by atoms with Crippen LogP contribution in [0, 0.1) is 0 Å². The van der Waals surface area contributed by atoms with Crippen LogP contribution in [0.15, 0.2) is 42.5 Å². The first-order valence-corrected chi connectivity index (χ1v) is 9.66. The first kappa shape index (κ1) is 17.5.